The largest absolute Gasteiger partial charge is 0.433 e. The quantitative estimate of drug-likeness (QED) is 0.407. The fourth-order valence-electron chi connectivity index (χ4n) is 3.60. The molecule has 1 aliphatic heterocycles. The number of aryl methyl sites for hydroxylation is 1. The van der Waals surface area contributed by atoms with Gasteiger partial charge in [-0.1, -0.05) is 48.0 Å². The van der Waals surface area contributed by atoms with Crippen molar-refractivity contribution in [3.8, 4) is 11.4 Å². The van der Waals surface area contributed by atoms with Gasteiger partial charge in [0.25, 0.3) is 5.17 Å². The van der Waals surface area contributed by atoms with Gasteiger partial charge in [-0.25, -0.2) is 4.79 Å². The summed E-state index contributed by atoms with van der Waals surface area (Å²) >= 11 is 5.29. The fraction of sp³-hybridized carbons (Fsp3) is 0.0952. The van der Waals surface area contributed by atoms with E-state index in [1.54, 1.807) is 4.68 Å². The molecule has 28 heavy (non-hydrogen) atoms. The van der Waals surface area contributed by atoms with Crippen LogP contribution in [0.15, 0.2) is 70.0 Å². The summed E-state index contributed by atoms with van der Waals surface area (Å²) in [6.07, 6.45) is 0. The minimum absolute atomic E-state index is 0.212. The van der Waals surface area contributed by atoms with Crippen LogP contribution in [0.3, 0.4) is 0 Å². The minimum atomic E-state index is -0.522. The lowest BCUT2D eigenvalue weighted by atomic mass is 9.95. The smallest absolute Gasteiger partial charge is 0.431 e. The SMILES string of the molecule is Cc1ccc(-[n+]2[nH]oc(=O)c2C2NC(=S)Oc3ccc4ccccc4c32)cc1. The van der Waals surface area contributed by atoms with Gasteiger partial charge in [0.05, 0.1) is 0 Å². The van der Waals surface area contributed by atoms with Gasteiger partial charge in [0.15, 0.2) is 6.04 Å². The van der Waals surface area contributed by atoms with Crippen LogP contribution in [0.1, 0.15) is 22.9 Å². The Kier molecular flexibility index (Phi) is 3.77. The van der Waals surface area contributed by atoms with Crippen molar-refractivity contribution >= 4 is 28.2 Å². The third kappa shape index (κ3) is 2.59. The standard InChI is InChI=1S/C21H15N3O3S/c1-12-6-9-14(10-7-12)24-19(20(25)27-23-24)18-17-15-5-3-2-4-13(15)8-11-16(17)26-21(28)22-18/h2-11,18H,1H3,(H-,22,23,25,28)/p+1. The maximum Gasteiger partial charge on any atom is 0.433 e. The molecule has 0 aliphatic carbocycles. The molecule has 1 aromatic heterocycles. The molecule has 2 heterocycles. The zero-order valence-corrected chi connectivity index (χ0v) is 15.7. The number of hydrogen-bond donors (Lipinski definition) is 2. The van der Waals surface area contributed by atoms with Gasteiger partial charge >= 0.3 is 11.3 Å². The lowest BCUT2D eigenvalue weighted by Crippen LogP contribution is -2.47. The summed E-state index contributed by atoms with van der Waals surface area (Å²) in [5, 5.41) is 8.09. The summed E-state index contributed by atoms with van der Waals surface area (Å²) in [4.78, 5) is 12.7. The highest BCUT2D eigenvalue weighted by molar-refractivity contribution is 7.80. The van der Waals surface area contributed by atoms with Crippen LogP contribution in [0.5, 0.6) is 5.75 Å². The van der Waals surface area contributed by atoms with Crippen LogP contribution in [0.25, 0.3) is 16.5 Å². The zero-order valence-electron chi connectivity index (χ0n) is 14.9. The van der Waals surface area contributed by atoms with E-state index in [-0.39, 0.29) is 5.17 Å². The predicted molar refractivity (Wildman–Crippen MR) is 108 cm³/mol. The van der Waals surface area contributed by atoms with E-state index in [0.717, 1.165) is 27.6 Å². The van der Waals surface area contributed by atoms with Gasteiger partial charge in [-0.15, -0.1) is 0 Å². The van der Waals surface area contributed by atoms with Gasteiger partial charge in [0, 0.05) is 17.7 Å². The molecule has 0 saturated heterocycles. The van der Waals surface area contributed by atoms with Crippen LogP contribution in [0.4, 0.5) is 0 Å². The molecule has 0 fully saturated rings. The highest BCUT2D eigenvalue weighted by atomic mass is 32.1. The Hall–Kier alpha value is -3.45. The highest BCUT2D eigenvalue weighted by Gasteiger charge is 2.39. The second-order valence-corrected chi connectivity index (χ2v) is 7.07. The minimum Gasteiger partial charge on any atom is -0.431 e. The number of H-pyrrole nitrogens is 1. The number of fused-ring (bicyclic) bond motifs is 3. The van der Waals surface area contributed by atoms with E-state index in [0.29, 0.717) is 11.4 Å². The van der Waals surface area contributed by atoms with Gasteiger partial charge in [-0.2, -0.15) is 0 Å². The van der Waals surface area contributed by atoms with Crippen LogP contribution in [0, 0.1) is 6.92 Å². The number of rotatable bonds is 2. The number of ether oxygens (including phenoxy) is 1. The first-order valence-electron chi connectivity index (χ1n) is 8.82. The Morgan fingerprint density at radius 2 is 1.82 bits per heavy atom. The van der Waals surface area contributed by atoms with Crippen molar-refractivity contribution in [1.82, 2.24) is 10.6 Å². The molecular weight excluding hydrogens is 374 g/mol. The summed E-state index contributed by atoms with van der Waals surface area (Å²) in [6.45, 7) is 2.01. The normalized spacial score (nSPS) is 15.8. The number of aromatic amines is 1. The van der Waals surface area contributed by atoms with E-state index in [1.165, 1.54) is 0 Å². The first kappa shape index (κ1) is 16.7. The summed E-state index contributed by atoms with van der Waals surface area (Å²) in [6, 6.07) is 19.1. The Balaban J connectivity index is 1.77. The molecule has 1 aliphatic rings. The van der Waals surface area contributed by atoms with E-state index in [1.807, 2.05) is 67.6 Å². The molecule has 0 saturated carbocycles. The maximum atomic E-state index is 12.7. The van der Waals surface area contributed by atoms with Crippen molar-refractivity contribution < 1.29 is 13.9 Å². The average molecular weight is 390 g/mol. The van der Waals surface area contributed by atoms with E-state index in [4.69, 9.17) is 21.5 Å². The van der Waals surface area contributed by atoms with Crippen molar-refractivity contribution in [1.29, 1.82) is 0 Å². The Morgan fingerprint density at radius 1 is 1.04 bits per heavy atom. The summed E-state index contributed by atoms with van der Waals surface area (Å²) in [5.41, 5.74) is 2.68. The lowest BCUT2D eigenvalue weighted by Gasteiger charge is -2.26. The van der Waals surface area contributed by atoms with Crippen molar-refractivity contribution in [3.63, 3.8) is 0 Å². The fourth-order valence-corrected chi connectivity index (χ4v) is 3.81. The van der Waals surface area contributed by atoms with Gasteiger partial charge in [-0.05, 0) is 45.9 Å². The van der Waals surface area contributed by atoms with E-state index >= 15 is 0 Å². The zero-order chi connectivity index (χ0) is 19.3. The number of thiocarbonyl (C=S) groups is 1. The monoisotopic (exact) mass is 390 g/mol. The number of hydrogen-bond acceptors (Lipinski definition) is 4. The van der Waals surface area contributed by atoms with Crippen LogP contribution in [-0.4, -0.2) is 10.4 Å². The third-order valence-corrected chi connectivity index (χ3v) is 5.13. The maximum absolute atomic E-state index is 12.7. The van der Waals surface area contributed by atoms with Gasteiger partial charge in [0.2, 0.25) is 5.69 Å². The molecule has 0 radical (unpaired) electrons. The second-order valence-electron chi connectivity index (χ2n) is 6.70. The predicted octanol–water partition coefficient (Wildman–Crippen LogP) is 3.06. The van der Waals surface area contributed by atoms with Crippen LogP contribution in [0.2, 0.25) is 0 Å². The first-order valence-corrected chi connectivity index (χ1v) is 9.23. The third-order valence-electron chi connectivity index (χ3n) is 4.93. The van der Waals surface area contributed by atoms with Crippen LogP contribution in [-0.2, 0) is 0 Å². The molecule has 2 N–H and O–H groups in total. The lowest BCUT2D eigenvalue weighted by molar-refractivity contribution is -0.678. The molecular formula is C21H16N3O3S+. The molecule has 4 aromatic rings. The second kappa shape index (κ2) is 6.31. The summed E-state index contributed by atoms with van der Waals surface area (Å²) in [5.74, 6) is 0.628. The number of nitrogens with one attached hydrogen (secondary N) is 2. The van der Waals surface area contributed by atoms with Crippen molar-refractivity contribution in [3.05, 3.63) is 87.9 Å². The van der Waals surface area contributed by atoms with E-state index in [2.05, 4.69) is 10.6 Å². The molecule has 0 amide bonds. The summed E-state index contributed by atoms with van der Waals surface area (Å²) < 4.78 is 12.5. The van der Waals surface area contributed by atoms with Crippen molar-refractivity contribution in [2.45, 2.75) is 13.0 Å². The van der Waals surface area contributed by atoms with E-state index < -0.39 is 11.7 Å². The molecule has 3 aromatic carbocycles. The highest BCUT2D eigenvalue weighted by Crippen LogP contribution is 2.37. The Labute approximate surface area is 165 Å². The molecule has 5 rings (SSSR count). The molecule has 6 nitrogen and oxygen atoms in total. The van der Waals surface area contributed by atoms with E-state index in [9.17, 15) is 4.79 Å². The topological polar surface area (TPSA) is 71.1 Å². The van der Waals surface area contributed by atoms with Gasteiger partial charge in [-0.3, -0.25) is 4.52 Å². The summed E-state index contributed by atoms with van der Waals surface area (Å²) in [7, 11) is 0. The molecule has 0 bridgehead atoms. The number of nitrogens with zero attached hydrogens (tertiary/aromatic N) is 1. The molecule has 1 unspecified atom stereocenters. The molecule has 138 valence electrons. The molecule has 1 atom stereocenters. The van der Waals surface area contributed by atoms with Gasteiger partial charge < -0.3 is 10.1 Å². The average Bonchev–Trinajstić information content (AvgIpc) is 3.09. The van der Waals surface area contributed by atoms with Crippen molar-refractivity contribution in [2.75, 3.05) is 0 Å². The van der Waals surface area contributed by atoms with Crippen LogP contribution < -0.4 is 20.4 Å². The molecule has 0 spiro atoms. The van der Waals surface area contributed by atoms with Crippen molar-refractivity contribution in [2.24, 2.45) is 0 Å². The Bertz CT molecular complexity index is 1270. The number of benzene rings is 3. The Morgan fingerprint density at radius 3 is 2.64 bits per heavy atom. The molecule has 7 heteroatoms. The first-order chi connectivity index (χ1) is 13.6. The van der Waals surface area contributed by atoms with Crippen LogP contribution >= 0.6 is 12.2 Å². The number of aromatic nitrogens is 2. The van der Waals surface area contributed by atoms with Gasteiger partial charge in [0.1, 0.15) is 5.75 Å².